The van der Waals surface area contributed by atoms with Crippen LogP contribution in [0.4, 0.5) is 4.79 Å². The van der Waals surface area contributed by atoms with E-state index in [1.165, 1.54) is 4.90 Å². The topological polar surface area (TPSA) is 142 Å². The Kier molecular flexibility index (Phi) is 9.18. The summed E-state index contributed by atoms with van der Waals surface area (Å²) in [5.41, 5.74) is -1.43. The number of carboxylic acids is 1. The van der Waals surface area contributed by atoms with Gasteiger partial charge in [0.25, 0.3) is 5.78 Å². The normalized spacial score (nSPS) is 22.1. The van der Waals surface area contributed by atoms with Crippen LogP contribution in [-0.4, -0.2) is 69.9 Å². The first kappa shape index (κ1) is 29.6. The van der Waals surface area contributed by atoms with Gasteiger partial charge in [-0.3, -0.25) is 14.4 Å². The third-order valence-corrected chi connectivity index (χ3v) is 6.74. The van der Waals surface area contributed by atoms with Crippen LogP contribution in [0, 0.1) is 23.2 Å². The number of nitrogens with one attached hydrogen (secondary N) is 2. The summed E-state index contributed by atoms with van der Waals surface area (Å²) in [7, 11) is 0. The number of carbonyl (C=O) groups excluding carboxylic acids is 4. The van der Waals surface area contributed by atoms with Crippen LogP contribution in [0.1, 0.15) is 81.1 Å². The molecule has 1 saturated heterocycles. The molecular weight excluding hydrogens is 466 g/mol. The van der Waals surface area contributed by atoms with Gasteiger partial charge in [0.2, 0.25) is 11.8 Å². The van der Waals surface area contributed by atoms with Crippen molar-refractivity contribution in [2.45, 2.75) is 105 Å². The molecule has 0 spiro atoms. The van der Waals surface area contributed by atoms with Crippen LogP contribution < -0.4 is 10.6 Å². The predicted octanol–water partition coefficient (Wildman–Crippen LogP) is 2.74. The Morgan fingerprint density at radius 2 is 1.56 bits per heavy atom. The van der Waals surface area contributed by atoms with Crippen LogP contribution >= 0.6 is 0 Å². The molecule has 0 radical (unpaired) electrons. The fourth-order valence-electron chi connectivity index (χ4n) is 4.66. The minimum absolute atomic E-state index is 0.0579. The molecule has 10 nitrogen and oxygen atoms in total. The predicted molar refractivity (Wildman–Crippen MR) is 133 cm³/mol. The molecule has 36 heavy (non-hydrogen) atoms. The molecule has 0 aromatic heterocycles. The summed E-state index contributed by atoms with van der Waals surface area (Å²) in [6.07, 6.45) is 1.91. The number of aliphatic carboxylic acids is 1. The molecule has 2 rings (SSSR count). The standard InChI is InChI=1S/C26H43N3O7/c1-14(2)16-11-12-29(22(32)20(25(3,4)5)28-24(35)36-26(6,7)8)18(16)21(31)27-17(13-15-9-10-15)19(30)23(33)34/h14-18,20H,9-13H2,1-8H3,(H,27,31)(H,28,35)(H,33,34)/t16-,17?,18+,20?/m1/s1. The van der Waals surface area contributed by atoms with E-state index in [9.17, 15) is 29.1 Å². The maximum absolute atomic E-state index is 13.8. The number of ketones is 1. The van der Waals surface area contributed by atoms with Crippen molar-refractivity contribution in [2.75, 3.05) is 6.54 Å². The first-order valence-corrected chi connectivity index (χ1v) is 12.8. The molecule has 0 bridgehead atoms. The highest BCUT2D eigenvalue weighted by Crippen LogP contribution is 2.35. The molecule has 3 amide bonds. The van der Waals surface area contributed by atoms with Crippen molar-refractivity contribution in [1.29, 1.82) is 0 Å². The highest BCUT2D eigenvalue weighted by atomic mass is 16.6. The van der Waals surface area contributed by atoms with Gasteiger partial charge in [0.15, 0.2) is 0 Å². The molecule has 1 saturated carbocycles. The molecule has 1 heterocycles. The van der Waals surface area contributed by atoms with Crippen molar-refractivity contribution in [3.63, 3.8) is 0 Å². The second-order valence-corrected chi connectivity index (χ2v) is 12.5. The number of amides is 3. The molecule has 1 aliphatic carbocycles. The van der Waals surface area contributed by atoms with Gasteiger partial charge >= 0.3 is 12.1 Å². The van der Waals surface area contributed by atoms with Gasteiger partial charge in [0.1, 0.15) is 17.7 Å². The third kappa shape index (κ3) is 7.93. The first-order chi connectivity index (χ1) is 16.4. The van der Waals surface area contributed by atoms with Crippen LogP contribution in [0.3, 0.4) is 0 Å². The van der Waals surface area contributed by atoms with E-state index < -0.39 is 58.8 Å². The zero-order valence-electron chi connectivity index (χ0n) is 22.8. The Morgan fingerprint density at radius 1 is 0.972 bits per heavy atom. The Labute approximate surface area is 213 Å². The third-order valence-electron chi connectivity index (χ3n) is 6.74. The fraction of sp³-hybridized carbons (Fsp3) is 0.808. The van der Waals surface area contributed by atoms with Crippen LogP contribution in [-0.2, 0) is 23.9 Å². The van der Waals surface area contributed by atoms with Crippen molar-refractivity contribution in [3.8, 4) is 0 Å². The molecule has 10 heteroatoms. The lowest BCUT2D eigenvalue weighted by atomic mass is 9.84. The zero-order chi connectivity index (χ0) is 27.6. The maximum Gasteiger partial charge on any atom is 0.408 e. The Bertz CT molecular complexity index is 868. The summed E-state index contributed by atoms with van der Waals surface area (Å²) >= 11 is 0. The average molecular weight is 510 g/mol. The quantitative estimate of drug-likeness (QED) is 0.406. The van der Waals surface area contributed by atoms with Gasteiger partial charge in [-0.05, 0) is 56.8 Å². The van der Waals surface area contributed by atoms with Gasteiger partial charge in [-0.2, -0.15) is 0 Å². The number of hydrogen-bond donors (Lipinski definition) is 3. The average Bonchev–Trinajstić information content (AvgIpc) is 3.41. The lowest BCUT2D eigenvalue weighted by Crippen LogP contribution is -2.60. The molecule has 0 aromatic rings. The molecule has 4 atom stereocenters. The number of carboxylic acid groups (broad SMARTS) is 1. The summed E-state index contributed by atoms with van der Waals surface area (Å²) in [6.45, 7) is 14.9. The first-order valence-electron chi connectivity index (χ1n) is 12.8. The maximum atomic E-state index is 13.8. The van der Waals surface area contributed by atoms with E-state index in [0.717, 1.165) is 12.8 Å². The number of ether oxygens (including phenoxy) is 1. The minimum atomic E-state index is -1.59. The van der Waals surface area contributed by atoms with Crippen LogP contribution in [0.25, 0.3) is 0 Å². The lowest BCUT2D eigenvalue weighted by Gasteiger charge is -2.37. The van der Waals surface area contributed by atoms with Crippen molar-refractivity contribution in [3.05, 3.63) is 0 Å². The SMILES string of the molecule is CC(C)[C@H]1CCN(C(=O)C(NC(=O)OC(C)(C)C)C(C)(C)C)[C@@H]1C(=O)NC(CC1CC1)C(=O)C(=O)O. The van der Waals surface area contributed by atoms with Crippen molar-refractivity contribution >= 4 is 29.7 Å². The smallest absolute Gasteiger partial charge is 0.408 e. The number of alkyl carbamates (subject to hydrolysis) is 1. The second kappa shape index (κ2) is 11.2. The molecule has 2 fully saturated rings. The minimum Gasteiger partial charge on any atom is -0.475 e. The number of Topliss-reactive ketones (excluding diaryl/α,β-unsaturated/α-hetero) is 1. The molecule has 204 valence electrons. The summed E-state index contributed by atoms with van der Waals surface area (Å²) in [4.78, 5) is 65.0. The van der Waals surface area contributed by atoms with Gasteiger partial charge in [-0.25, -0.2) is 9.59 Å². The van der Waals surface area contributed by atoms with Gasteiger partial charge in [-0.15, -0.1) is 0 Å². The Hall–Kier alpha value is -2.65. The van der Waals surface area contributed by atoms with E-state index in [4.69, 9.17) is 4.74 Å². The van der Waals surface area contributed by atoms with Gasteiger partial charge in [-0.1, -0.05) is 47.5 Å². The van der Waals surface area contributed by atoms with Crippen LogP contribution in [0.5, 0.6) is 0 Å². The van der Waals surface area contributed by atoms with Crippen molar-refractivity contribution in [2.24, 2.45) is 23.2 Å². The van der Waals surface area contributed by atoms with Crippen LogP contribution in [0.15, 0.2) is 0 Å². The molecule has 1 aliphatic heterocycles. The van der Waals surface area contributed by atoms with Gasteiger partial charge < -0.3 is 25.4 Å². The fourth-order valence-corrected chi connectivity index (χ4v) is 4.66. The monoisotopic (exact) mass is 509 g/mol. The van der Waals surface area contributed by atoms with Crippen molar-refractivity contribution in [1.82, 2.24) is 15.5 Å². The lowest BCUT2D eigenvalue weighted by molar-refractivity contribution is -0.151. The second-order valence-electron chi connectivity index (χ2n) is 12.5. The van der Waals surface area contributed by atoms with Gasteiger partial charge in [0.05, 0.1) is 6.04 Å². The Morgan fingerprint density at radius 3 is 2.00 bits per heavy atom. The Balaban J connectivity index is 2.31. The summed E-state index contributed by atoms with van der Waals surface area (Å²) in [5, 5.41) is 14.6. The van der Waals surface area contributed by atoms with Crippen LogP contribution in [0.2, 0.25) is 0 Å². The number of rotatable bonds is 9. The molecular formula is C26H43N3O7. The number of hydrogen-bond acceptors (Lipinski definition) is 6. The highest BCUT2D eigenvalue weighted by molar-refractivity contribution is 6.35. The zero-order valence-corrected chi connectivity index (χ0v) is 22.8. The molecule has 2 unspecified atom stereocenters. The van der Waals surface area contributed by atoms with E-state index >= 15 is 0 Å². The van der Waals surface area contributed by atoms with E-state index in [1.54, 1.807) is 20.8 Å². The summed E-state index contributed by atoms with van der Waals surface area (Å²) in [6, 6.07) is -2.98. The van der Waals surface area contributed by atoms with E-state index in [-0.39, 0.29) is 24.2 Å². The van der Waals surface area contributed by atoms with Crippen molar-refractivity contribution < 1.29 is 33.8 Å². The highest BCUT2D eigenvalue weighted by Gasteiger charge is 2.48. The van der Waals surface area contributed by atoms with E-state index in [2.05, 4.69) is 10.6 Å². The number of nitrogens with zero attached hydrogens (tertiary/aromatic N) is 1. The molecule has 3 N–H and O–H groups in total. The number of carbonyl (C=O) groups is 5. The van der Waals surface area contributed by atoms with E-state index in [0.29, 0.717) is 13.0 Å². The van der Waals surface area contributed by atoms with E-state index in [1.807, 2.05) is 34.6 Å². The molecule has 0 aromatic carbocycles. The summed E-state index contributed by atoms with van der Waals surface area (Å²) < 4.78 is 5.36. The number of likely N-dealkylation sites (tertiary alicyclic amines) is 1. The molecule has 2 aliphatic rings. The summed E-state index contributed by atoms with van der Waals surface area (Å²) in [5.74, 6) is -3.50. The largest absolute Gasteiger partial charge is 0.475 e. The van der Waals surface area contributed by atoms with Gasteiger partial charge in [0, 0.05) is 6.54 Å².